The van der Waals surface area contributed by atoms with Crippen molar-refractivity contribution in [3.63, 3.8) is 0 Å². The number of nitrogens with one attached hydrogen (secondary N) is 1. The molecule has 2 fully saturated rings. The normalized spacial score (nSPS) is 28.5. The van der Waals surface area contributed by atoms with E-state index in [0.29, 0.717) is 0 Å². The maximum Gasteiger partial charge on any atom is 0.334 e. The number of rotatable bonds is 9. The van der Waals surface area contributed by atoms with Crippen LogP contribution in [0.3, 0.4) is 0 Å². The molecule has 4 rings (SSSR count). The van der Waals surface area contributed by atoms with Crippen LogP contribution in [0.1, 0.15) is 38.2 Å². The minimum atomic E-state index is -0.902. The Morgan fingerprint density at radius 3 is 2.42 bits per heavy atom. The molecule has 3 unspecified atom stereocenters. The monoisotopic (exact) mass is 499 g/mol. The van der Waals surface area contributed by atoms with Crippen molar-refractivity contribution in [2.24, 2.45) is 0 Å². The molecule has 194 valence electrons. The summed E-state index contributed by atoms with van der Waals surface area (Å²) in [6, 6.07) is 18.4. The van der Waals surface area contributed by atoms with E-state index >= 15 is 0 Å². The molecule has 0 spiro atoms. The van der Waals surface area contributed by atoms with Crippen LogP contribution < -0.4 is 5.32 Å². The molecular formula is C27H33NO8. The van der Waals surface area contributed by atoms with Crippen molar-refractivity contribution in [1.82, 2.24) is 5.32 Å². The van der Waals surface area contributed by atoms with E-state index in [1.54, 1.807) is 13.8 Å². The maximum absolute atomic E-state index is 12.4. The maximum atomic E-state index is 12.4. The average molecular weight is 500 g/mol. The van der Waals surface area contributed by atoms with E-state index in [1.807, 2.05) is 60.7 Å². The molecule has 2 aliphatic rings. The summed E-state index contributed by atoms with van der Waals surface area (Å²) in [6.07, 6.45) is -4.39. The molecule has 0 aliphatic carbocycles. The van der Waals surface area contributed by atoms with Crippen molar-refractivity contribution in [2.75, 3.05) is 13.2 Å². The second kappa shape index (κ2) is 12.4. The SMILES string of the molecule is CCOC(=O)[C@H](C)OC1[C@@H]2OC(c3ccccc3)OCC2O[C@H](OCc2ccccc2)[C@H]1NC(C)=O. The third-order valence-electron chi connectivity index (χ3n) is 6.02. The number of ether oxygens (including phenoxy) is 6. The Morgan fingerprint density at radius 1 is 1.06 bits per heavy atom. The minimum Gasteiger partial charge on any atom is -0.464 e. The first-order valence-corrected chi connectivity index (χ1v) is 12.2. The van der Waals surface area contributed by atoms with Gasteiger partial charge in [-0.15, -0.1) is 0 Å². The number of hydrogen-bond donors (Lipinski definition) is 1. The second-order valence-electron chi connectivity index (χ2n) is 8.74. The Labute approximate surface area is 211 Å². The topological polar surface area (TPSA) is 102 Å². The molecular weight excluding hydrogens is 466 g/mol. The molecule has 36 heavy (non-hydrogen) atoms. The Hall–Kier alpha value is -2.82. The number of carbonyl (C=O) groups is 2. The summed E-state index contributed by atoms with van der Waals surface area (Å²) in [4.78, 5) is 24.6. The van der Waals surface area contributed by atoms with Crippen LogP contribution >= 0.6 is 0 Å². The van der Waals surface area contributed by atoms with Gasteiger partial charge in [-0.3, -0.25) is 4.79 Å². The smallest absolute Gasteiger partial charge is 0.334 e. The quantitative estimate of drug-likeness (QED) is 0.526. The standard InChI is InChI=1S/C27H33NO8/c1-4-31-25(30)17(2)34-24-22(28-18(3)29)27(32-15-19-11-7-5-8-12-19)35-21-16-33-26(36-23(21)24)20-13-9-6-10-14-20/h5-14,17,21-24,26-27H,4,15-16H2,1-3H3,(H,28,29)/t17-,21?,22-,23+,24?,26?,27-/m0/s1. The van der Waals surface area contributed by atoms with Crippen molar-refractivity contribution in [3.8, 4) is 0 Å². The Morgan fingerprint density at radius 2 is 1.75 bits per heavy atom. The molecule has 2 aromatic carbocycles. The zero-order valence-corrected chi connectivity index (χ0v) is 20.7. The van der Waals surface area contributed by atoms with Crippen LogP contribution in [0.25, 0.3) is 0 Å². The molecule has 0 aromatic heterocycles. The molecule has 9 nitrogen and oxygen atoms in total. The lowest BCUT2D eigenvalue weighted by Gasteiger charge is -2.49. The van der Waals surface area contributed by atoms with E-state index in [1.165, 1.54) is 6.92 Å². The number of fused-ring (bicyclic) bond motifs is 1. The van der Waals surface area contributed by atoms with Crippen molar-refractivity contribution >= 4 is 11.9 Å². The summed E-state index contributed by atoms with van der Waals surface area (Å²) >= 11 is 0. The molecule has 2 saturated heterocycles. The zero-order chi connectivity index (χ0) is 25.5. The Kier molecular flexibility index (Phi) is 9.06. The highest BCUT2D eigenvalue weighted by Gasteiger charge is 2.52. The van der Waals surface area contributed by atoms with Crippen molar-refractivity contribution < 1.29 is 38.0 Å². The molecule has 2 heterocycles. The number of carbonyl (C=O) groups excluding carboxylic acids is 2. The molecule has 2 aromatic rings. The van der Waals surface area contributed by atoms with Gasteiger partial charge in [0.05, 0.1) is 19.8 Å². The summed E-state index contributed by atoms with van der Waals surface area (Å²) in [5, 5.41) is 2.90. The zero-order valence-electron chi connectivity index (χ0n) is 20.7. The highest BCUT2D eigenvalue weighted by Crippen LogP contribution is 2.36. The van der Waals surface area contributed by atoms with Crippen LogP contribution in [0.4, 0.5) is 0 Å². The predicted octanol–water partition coefficient (Wildman–Crippen LogP) is 2.88. The third-order valence-corrected chi connectivity index (χ3v) is 6.02. The summed E-state index contributed by atoms with van der Waals surface area (Å²) < 4.78 is 36.0. The van der Waals surface area contributed by atoms with Crippen LogP contribution in [-0.2, 0) is 44.6 Å². The molecule has 9 heteroatoms. The average Bonchev–Trinajstić information content (AvgIpc) is 2.89. The van der Waals surface area contributed by atoms with Crippen LogP contribution in [0.2, 0.25) is 0 Å². The van der Waals surface area contributed by atoms with E-state index in [0.717, 1.165) is 11.1 Å². The van der Waals surface area contributed by atoms with Crippen LogP contribution in [0.15, 0.2) is 60.7 Å². The predicted molar refractivity (Wildman–Crippen MR) is 128 cm³/mol. The van der Waals surface area contributed by atoms with E-state index in [4.69, 9.17) is 28.4 Å². The highest BCUT2D eigenvalue weighted by atomic mass is 16.8. The lowest BCUT2D eigenvalue weighted by molar-refractivity contribution is -0.352. The summed E-state index contributed by atoms with van der Waals surface area (Å²) in [6.45, 7) is 5.45. The molecule has 2 aliphatic heterocycles. The number of benzene rings is 2. The summed E-state index contributed by atoms with van der Waals surface area (Å²) in [5.74, 6) is -0.796. The first-order chi connectivity index (χ1) is 17.5. The van der Waals surface area contributed by atoms with E-state index in [2.05, 4.69) is 5.32 Å². The fraction of sp³-hybridized carbons (Fsp3) is 0.481. The van der Waals surface area contributed by atoms with Gasteiger partial charge in [-0.25, -0.2) is 4.79 Å². The van der Waals surface area contributed by atoms with Gasteiger partial charge in [-0.05, 0) is 19.4 Å². The summed E-state index contributed by atoms with van der Waals surface area (Å²) in [5.41, 5.74) is 1.79. The fourth-order valence-electron chi connectivity index (χ4n) is 4.35. The van der Waals surface area contributed by atoms with Gasteiger partial charge in [-0.2, -0.15) is 0 Å². The third kappa shape index (κ3) is 6.48. The van der Waals surface area contributed by atoms with E-state index in [-0.39, 0.29) is 25.7 Å². The van der Waals surface area contributed by atoms with Crippen LogP contribution in [-0.4, -0.2) is 61.8 Å². The number of amides is 1. The molecule has 1 N–H and O–H groups in total. The minimum absolute atomic E-state index is 0.218. The first kappa shape index (κ1) is 26.2. The lowest BCUT2D eigenvalue weighted by atomic mass is 9.95. The van der Waals surface area contributed by atoms with Crippen LogP contribution in [0, 0.1) is 0 Å². The van der Waals surface area contributed by atoms with E-state index < -0.39 is 49.0 Å². The van der Waals surface area contributed by atoms with Gasteiger partial charge >= 0.3 is 5.97 Å². The van der Waals surface area contributed by atoms with Gasteiger partial charge in [0.1, 0.15) is 24.4 Å². The molecule has 0 bridgehead atoms. The Bertz CT molecular complexity index is 988. The van der Waals surface area contributed by atoms with Gasteiger partial charge in [0.15, 0.2) is 18.7 Å². The first-order valence-electron chi connectivity index (χ1n) is 12.2. The summed E-state index contributed by atoms with van der Waals surface area (Å²) in [7, 11) is 0. The van der Waals surface area contributed by atoms with Gasteiger partial charge in [-0.1, -0.05) is 60.7 Å². The van der Waals surface area contributed by atoms with Crippen molar-refractivity contribution in [2.45, 2.75) is 70.4 Å². The van der Waals surface area contributed by atoms with Gasteiger partial charge in [0, 0.05) is 12.5 Å². The molecule has 7 atom stereocenters. The lowest BCUT2D eigenvalue weighted by Crippen LogP contribution is -2.68. The largest absolute Gasteiger partial charge is 0.464 e. The van der Waals surface area contributed by atoms with Crippen molar-refractivity contribution in [1.29, 1.82) is 0 Å². The van der Waals surface area contributed by atoms with Crippen molar-refractivity contribution in [3.05, 3.63) is 71.8 Å². The Balaban J connectivity index is 1.60. The molecule has 1 amide bonds. The van der Waals surface area contributed by atoms with Gasteiger partial charge < -0.3 is 33.7 Å². The fourth-order valence-corrected chi connectivity index (χ4v) is 4.35. The second-order valence-corrected chi connectivity index (χ2v) is 8.74. The highest BCUT2D eigenvalue weighted by molar-refractivity contribution is 5.74. The number of esters is 1. The van der Waals surface area contributed by atoms with E-state index in [9.17, 15) is 9.59 Å². The van der Waals surface area contributed by atoms with Gasteiger partial charge in [0.2, 0.25) is 5.91 Å². The van der Waals surface area contributed by atoms with Crippen LogP contribution in [0.5, 0.6) is 0 Å². The van der Waals surface area contributed by atoms with Gasteiger partial charge in [0.25, 0.3) is 0 Å². The molecule has 0 saturated carbocycles. The number of hydrogen-bond acceptors (Lipinski definition) is 8. The molecule has 0 radical (unpaired) electrons.